The van der Waals surface area contributed by atoms with Gasteiger partial charge >= 0.3 is 0 Å². The summed E-state index contributed by atoms with van der Waals surface area (Å²) in [4.78, 5) is 0. The van der Waals surface area contributed by atoms with E-state index in [0.29, 0.717) is 53.8 Å². The van der Waals surface area contributed by atoms with E-state index in [9.17, 15) is 0 Å². The highest BCUT2D eigenvalue weighted by Crippen LogP contribution is 2.40. The Kier molecular flexibility index (Phi) is 13.3. The summed E-state index contributed by atoms with van der Waals surface area (Å²) in [6.45, 7) is 0. The lowest BCUT2D eigenvalue weighted by molar-refractivity contribution is 0.355. The lowest BCUT2D eigenvalue weighted by Crippen LogP contribution is -1.99. The molecule has 8 nitrogen and oxygen atoms in total. The normalized spacial score (nSPS) is 10.8. The fourth-order valence-corrected chi connectivity index (χ4v) is 7.79. The van der Waals surface area contributed by atoms with Gasteiger partial charge in [-0.1, -0.05) is 78.9 Å². The highest BCUT2D eigenvalue weighted by atomic mass is 16.5. The fraction of sp³-hybridized carbons (Fsp3) is 0.208. The molecule has 0 aliphatic carbocycles. The second kappa shape index (κ2) is 19.3. The van der Waals surface area contributed by atoms with E-state index in [1.807, 2.05) is 36.4 Å². The van der Waals surface area contributed by atoms with Gasteiger partial charge in [0.05, 0.1) is 56.9 Å². The average Bonchev–Trinajstić information content (AvgIpc) is 3.31. The molecule has 0 saturated carbocycles. The van der Waals surface area contributed by atoms with Gasteiger partial charge in [-0.05, 0) is 129 Å². The number of benzene rings is 7. The van der Waals surface area contributed by atoms with E-state index in [0.717, 1.165) is 72.7 Å². The van der Waals surface area contributed by atoms with Gasteiger partial charge in [0.25, 0.3) is 0 Å². The van der Waals surface area contributed by atoms with Crippen molar-refractivity contribution in [2.24, 2.45) is 0 Å². The molecule has 8 heteroatoms. The quantitative estimate of drug-likeness (QED) is 0.0900. The molecule has 0 fully saturated rings. The molecule has 0 aromatic heterocycles. The van der Waals surface area contributed by atoms with E-state index in [-0.39, 0.29) is 0 Å². The topological polar surface area (TPSA) is 73.8 Å². The van der Waals surface area contributed by atoms with Crippen LogP contribution in [0.1, 0.15) is 33.4 Å². The maximum atomic E-state index is 5.78. The Balaban J connectivity index is 1.16. The van der Waals surface area contributed by atoms with E-state index < -0.39 is 0 Å². The smallest absolute Gasteiger partial charge is 0.161 e. The van der Waals surface area contributed by atoms with Gasteiger partial charge < -0.3 is 37.9 Å². The summed E-state index contributed by atoms with van der Waals surface area (Å²) in [5.74, 6) is 5.76. The highest BCUT2D eigenvalue weighted by molar-refractivity contribution is 5.75. The molecule has 7 aromatic rings. The van der Waals surface area contributed by atoms with Crippen LogP contribution in [0, 0.1) is 0 Å². The number of rotatable bonds is 17. The third kappa shape index (κ3) is 9.39. The van der Waals surface area contributed by atoms with Gasteiger partial charge in [0, 0.05) is 12.0 Å². The Morgan fingerprint density at radius 1 is 0.262 bits per heavy atom. The van der Waals surface area contributed by atoms with Crippen molar-refractivity contribution in [3.05, 3.63) is 167 Å². The van der Waals surface area contributed by atoms with Crippen molar-refractivity contribution in [2.45, 2.75) is 19.3 Å². The lowest BCUT2D eigenvalue weighted by atomic mass is 9.91. The van der Waals surface area contributed by atoms with E-state index in [1.54, 1.807) is 56.9 Å². The van der Waals surface area contributed by atoms with E-state index in [4.69, 9.17) is 37.9 Å². The molecule has 312 valence electrons. The summed E-state index contributed by atoms with van der Waals surface area (Å²) < 4.78 is 45.2. The Bertz CT molecular complexity index is 2580. The van der Waals surface area contributed by atoms with E-state index >= 15 is 0 Å². The Morgan fingerprint density at radius 3 is 1.05 bits per heavy atom. The molecule has 7 aromatic carbocycles. The van der Waals surface area contributed by atoms with Gasteiger partial charge in [0.2, 0.25) is 0 Å². The predicted octanol–water partition coefficient (Wildman–Crippen LogP) is 11.5. The maximum absolute atomic E-state index is 5.78. The molecule has 0 spiro atoms. The minimum atomic E-state index is 0.678. The molecule has 0 radical (unpaired) electrons. The molecule has 61 heavy (non-hydrogen) atoms. The SMILES string of the molecule is COc1ccc(OC)c(Cc2ccc(-c3cc(OC)c(OC)cc3Cc3ccc(-c4cc(OC)c(OC)cc4Cc4ccc(-c5ccc(OC)c(OC)c5)cc4)cc3)cc2)c1. The summed E-state index contributed by atoms with van der Waals surface area (Å²) in [5.41, 5.74) is 13.3. The molecule has 7 rings (SSSR count). The average molecular weight is 817 g/mol. The second-order valence-corrected chi connectivity index (χ2v) is 14.6. The zero-order valence-corrected chi connectivity index (χ0v) is 36.1. The van der Waals surface area contributed by atoms with E-state index in [1.165, 1.54) is 5.56 Å². The van der Waals surface area contributed by atoms with Crippen molar-refractivity contribution in [3.8, 4) is 79.4 Å². The van der Waals surface area contributed by atoms with Crippen LogP contribution in [0.5, 0.6) is 46.0 Å². The first-order chi connectivity index (χ1) is 29.8. The number of ether oxygens (including phenoxy) is 8. The van der Waals surface area contributed by atoms with Crippen molar-refractivity contribution in [1.29, 1.82) is 0 Å². The van der Waals surface area contributed by atoms with Crippen molar-refractivity contribution >= 4 is 0 Å². The minimum Gasteiger partial charge on any atom is -0.497 e. The van der Waals surface area contributed by atoms with Crippen molar-refractivity contribution < 1.29 is 37.9 Å². The third-order valence-corrected chi connectivity index (χ3v) is 11.1. The first-order valence-corrected chi connectivity index (χ1v) is 20.0. The van der Waals surface area contributed by atoms with Gasteiger partial charge in [-0.15, -0.1) is 0 Å². The standard InChI is InChI=1S/C53H52O8/c1-54-44-22-24-47(55-2)43(28-44)27-36-13-19-39(20-14-36)46-33-53(61-8)51(59-6)31-42(46)26-35-11-17-38(18-12-35)45-32-52(60-7)50(58-5)30-41(45)25-34-9-15-37(16-10-34)40-21-23-48(56-3)49(29-40)57-4/h9-24,28-33H,25-27H2,1-8H3. The van der Waals surface area contributed by atoms with Gasteiger partial charge in [0.15, 0.2) is 34.5 Å². The summed E-state index contributed by atoms with van der Waals surface area (Å²) in [6, 6.07) is 46.2. The zero-order valence-electron chi connectivity index (χ0n) is 36.1. The first-order valence-electron chi connectivity index (χ1n) is 20.0. The van der Waals surface area contributed by atoms with Crippen LogP contribution in [0.3, 0.4) is 0 Å². The van der Waals surface area contributed by atoms with Crippen LogP contribution in [-0.2, 0) is 19.3 Å². The maximum Gasteiger partial charge on any atom is 0.161 e. The molecule has 0 aliphatic heterocycles. The monoisotopic (exact) mass is 816 g/mol. The highest BCUT2D eigenvalue weighted by Gasteiger charge is 2.17. The van der Waals surface area contributed by atoms with Crippen LogP contribution in [0.4, 0.5) is 0 Å². The predicted molar refractivity (Wildman–Crippen MR) is 243 cm³/mol. The molecule has 0 bridgehead atoms. The van der Waals surface area contributed by atoms with Crippen LogP contribution in [-0.4, -0.2) is 56.9 Å². The molecule has 0 saturated heterocycles. The number of hydrogen-bond donors (Lipinski definition) is 0. The van der Waals surface area contributed by atoms with Gasteiger partial charge in [0.1, 0.15) is 11.5 Å². The zero-order chi connectivity index (χ0) is 42.9. The minimum absolute atomic E-state index is 0.678. The number of methoxy groups -OCH3 is 8. The molecule has 0 heterocycles. The van der Waals surface area contributed by atoms with Crippen LogP contribution < -0.4 is 37.9 Å². The van der Waals surface area contributed by atoms with Crippen LogP contribution >= 0.6 is 0 Å². The second-order valence-electron chi connectivity index (χ2n) is 14.6. The molecule has 0 unspecified atom stereocenters. The first kappa shape index (κ1) is 42.1. The molecular formula is C53H52O8. The van der Waals surface area contributed by atoms with Gasteiger partial charge in [-0.3, -0.25) is 0 Å². The summed E-state index contributed by atoms with van der Waals surface area (Å²) in [7, 11) is 13.3. The third-order valence-electron chi connectivity index (χ3n) is 11.1. The van der Waals surface area contributed by atoms with Crippen molar-refractivity contribution in [3.63, 3.8) is 0 Å². The van der Waals surface area contributed by atoms with Gasteiger partial charge in [-0.25, -0.2) is 0 Å². The van der Waals surface area contributed by atoms with Crippen LogP contribution in [0.2, 0.25) is 0 Å². The Hall–Kier alpha value is -7.06. The van der Waals surface area contributed by atoms with Crippen molar-refractivity contribution in [1.82, 2.24) is 0 Å². The summed E-state index contributed by atoms with van der Waals surface area (Å²) >= 11 is 0. The van der Waals surface area contributed by atoms with Crippen LogP contribution in [0.15, 0.2) is 133 Å². The number of hydrogen-bond acceptors (Lipinski definition) is 8. The molecular weight excluding hydrogens is 765 g/mol. The lowest BCUT2D eigenvalue weighted by Gasteiger charge is -2.17. The van der Waals surface area contributed by atoms with Gasteiger partial charge in [-0.2, -0.15) is 0 Å². The Morgan fingerprint density at radius 2 is 0.623 bits per heavy atom. The Labute approximate surface area is 359 Å². The molecule has 0 N–H and O–H groups in total. The van der Waals surface area contributed by atoms with Crippen molar-refractivity contribution in [2.75, 3.05) is 56.9 Å². The molecule has 0 aliphatic rings. The largest absolute Gasteiger partial charge is 0.497 e. The molecule has 0 atom stereocenters. The summed E-state index contributed by atoms with van der Waals surface area (Å²) in [5, 5.41) is 0. The molecule has 0 amide bonds. The fourth-order valence-electron chi connectivity index (χ4n) is 7.79. The summed E-state index contributed by atoms with van der Waals surface area (Å²) in [6.07, 6.45) is 2.09. The van der Waals surface area contributed by atoms with E-state index in [2.05, 4.69) is 97.1 Å². The van der Waals surface area contributed by atoms with Crippen LogP contribution in [0.25, 0.3) is 33.4 Å².